The second kappa shape index (κ2) is 6.60. The molecule has 0 saturated carbocycles. The van der Waals surface area contributed by atoms with Crippen LogP contribution in [-0.4, -0.2) is 35.6 Å². The molecule has 3 N–H and O–H groups in total. The van der Waals surface area contributed by atoms with Crippen LogP contribution in [-0.2, 0) is 5.60 Å². The molecule has 1 aromatic carbocycles. The first kappa shape index (κ1) is 16.7. The molecule has 0 spiro atoms. The van der Waals surface area contributed by atoms with Crippen molar-refractivity contribution in [3.05, 3.63) is 35.4 Å². The summed E-state index contributed by atoms with van der Waals surface area (Å²) in [7, 11) is 0. The van der Waals surface area contributed by atoms with Crippen LogP contribution >= 0.6 is 0 Å². The third kappa shape index (κ3) is 3.94. The highest BCUT2D eigenvalue weighted by molar-refractivity contribution is 5.78. The van der Waals surface area contributed by atoms with Crippen LogP contribution < -0.4 is 5.73 Å². The molecule has 2 rings (SSSR count). The van der Waals surface area contributed by atoms with Gasteiger partial charge in [-0.1, -0.05) is 13.0 Å². The van der Waals surface area contributed by atoms with Crippen LogP contribution in [0.2, 0.25) is 0 Å². The molecule has 1 saturated heterocycles. The first-order valence-corrected chi connectivity index (χ1v) is 7.52. The molecule has 0 aromatic heterocycles. The monoisotopic (exact) mass is 311 g/mol. The van der Waals surface area contributed by atoms with Gasteiger partial charge in [0.1, 0.15) is 17.2 Å². The van der Waals surface area contributed by atoms with E-state index in [4.69, 9.17) is 5.73 Å². The first-order chi connectivity index (χ1) is 10.3. The summed E-state index contributed by atoms with van der Waals surface area (Å²) in [5, 5.41) is 10.4. The molecule has 1 unspecified atom stereocenters. The number of halogens is 2. The molecule has 4 nitrogen and oxygen atoms in total. The summed E-state index contributed by atoms with van der Waals surface area (Å²) < 4.78 is 26.7. The van der Waals surface area contributed by atoms with Crippen molar-refractivity contribution in [2.24, 2.45) is 16.6 Å². The van der Waals surface area contributed by atoms with Gasteiger partial charge in [-0.05, 0) is 31.7 Å². The van der Waals surface area contributed by atoms with E-state index in [1.54, 1.807) is 0 Å². The molecule has 0 aliphatic carbocycles. The van der Waals surface area contributed by atoms with Crippen LogP contribution in [0.5, 0.6) is 0 Å². The molecule has 1 aliphatic heterocycles. The quantitative estimate of drug-likeness (QED) is 0.664. The van der Waals surface area contributed by atoms with Gasteiger partial charge in [-0.25, -0.2) is 13.8 Å². The number of nitrogens with two attached hydrogens (primary N) is 1. The lowest BCUT2D eigenvalue weighted by molar-refractivity contribution is 0.0629. The summed E-state index contributed by atoms with van der Waals surface area (Å²) in [4.78, 5) is 6.16. The fraction of sp³-hybridized carbons (Fsp3) is 0.562. The topological polar surface area (TPSA) is 61.8 Å². The molecular formula is C16H23F2N3O. The molecule has 22 heavy (non-hydrogen) atoms. The van der Waals surface area contributed by atoms with Crippen molar-refractivity contribution in [2.75, 3.05) is 19.6 Å². The number of aliphatic imine (C=N–C) groups is 1. The van der Waals surface area contributed by atoms with E-state index in [0.717, 1.165) is 38.1 Å². The molecule has 1 fully saturated rings. The van der Waals surface area contributed by atoms with Crippen LogP contribution in [0.4, 0.5) is 8.78 Å². The average Bonchev–Trinajstić information content (AvgIpc) is 2.45. The van der Waals surface area contributed by atoms with Gasteiger partial charge in [0, 0.05) is 24.7 Å². The van der Waals surface area contributed by atoms with Gasteiger partial charge < -0.3 is 15.7 Å². The molecule has 0 radical (unpaired) electrons. The average molecular weight is 311 g/mol. The van der Waals surface area contributed by atoms with Gasteiger partial charge >= 0.3 is 0 Å². The Morgan fingerprint density at radius 2 is 2.05 bits per heavy atom. The number of guanidine groups is 1. The van der Waals surface area contributed by atoms with Crippen LogP contribution in [0.1, 0.15) is 32.3 Å². The van der Waals surface area contributed by atoms with Crippen LogP contribution in [0.3, 0.4) is 0 Å². The predicted octanol–water partition coefficient (Wildman–Crippen LogP) is 2.22. The first-order valence-electron chi connectivity index (χ1n) is 7.52. The van der Waals surface area contributed by atoms with E-state index in [2.05, 4.69) is 11.9 Å². The molecule has 1 aromatic rings. The lowest BCUT2D eigenvalue weighted by Crippen LogP contribution is -2.43. The number of hydrogen-bond donors (Lipinski definition) is 2. The number of aliphatic hydroxyl groups is 1. The van der Waals surface area contributed by atoms with Crippen LogP contribution in [0, 0.1) is 17.6 Å². The third-order valence-corrected chi connectivity index (χ3v) is 4.17. The molecular weight excluding hydrogens is 288 g/mol. The summed E-state index contributed by atoms with van der Waals surface area (Å²) in [5.74, 6) is -0.428. The Bertz CT molecular complexity index is 552. The maximum Gasteiger partial charge on any atom is 0.191 e. The molecule has 0 bridgehead atoms. The number of benzene rings is 1. The normalized spacial score (nSPS) is 20.0. The molecule has 1 aliphatic rings. The minimum Gasteiger partial charge on any atom is -0.383 e. The zero-order valence-electron chi connectivity index (χ0n) is 13.0. The van der Waals surface area contributed by atoms with E-state index in [-0.39, 0.29) is 12.1 Å². The highest BCUT2D eigenvalue weighted by Gasteiger charge is 2.27. The second-order valence-electron chi connectivity index (χ2n) is 6.24. The Hall–Kier alpha value is -1.69. The fourth-order valence-electron chi connectivity index (χ4n) is 2.58. The van der Waals surface area contributed by atoms with E-state index in [0.29, 0.717) is 11.9 Å². The number of likely N-dealkylation sites (tertiary alicyclic amines) is 1. The van der Waals surface area contributed by atoms with Gasteiger partial charge in [0.15, 0.2) is 5.96 Å². The Morgan fingerprint density at radius 3 is 2.64 bits per heavy atom. The number of nitrogens with zero attached hydrogens (tertiary/aromatic N) is 2. The molecule has 6 heteroatoms. The van der Waals surface area contributed by atoms with Gasteiger partial charge in [-0.2, -0.15) is 0 Å². The predicted molar refractivity (Wildman–Crippen MR) is 82.4 cm³/mol. The Morgan fingerprint density at radius 1 is 1.41 bits per heavy atom. The maximum atomic E-state index is 13.8. The smallest absolute Gasteiger partial charge is 0.191 e. The molecule has 1 atom stereocenters. The van der Waals surface area contributed by atoms with Gasteiger partial charge in [-0.3, -0.25) is 0 Å². The number of hydrogen-bond acceptors (Lipinski definition) is 2. The lowest BCUT2D eigenvalue weighted by atomic mass is 9.95. The van der Waals surface area contributed by atoms with Crippen molar-refractivity contribution in [3.63, 3.8) is 0 Å². The Labute approximate surface area is 129 Å². The molecule has 122 valence electrons. The summed E-state index contributed by atoms with van der Waals surface area (Å²) in [5.41, 5.74) is 4.43. The summed E-state index contributed by atoms with van der Waals surface area (Å²) in [6, 6.07) is 3.10. The number of piperidine rings is 1. The van der Waals surface area contributed by atoms with Crippen molar-refractivity contribution in [2.45, 2.75) is 32.3 Å². The second-order valence-corrected chi connectivity index (χ2v) is 6.24. The summed E-state index contributed by atoms with van der Waals surface area (Å²) in [6.07, 6.45) is 2.11. The fourth-order valence-corrected chi connectivity index (χ4v) is 2.58. The summed E-state index contributed by atoms with van der Waals surface area (Å²) in [6.45, 7) is 5.24. The zero-order chi connectivity index (χ0) is 16.3. The maximum absolute atomic E-state index is 13.8. The van der Waals surface area contributed by atoms with Crippen molar-refractivity contribution >= 4 is 5.96 Å². The standard InChI is InChI=1S/C16H23F2N3O/c1-11-5-7-21(8-6-11)15(19)20-10-16(2,22)13-4-3-12(17)9-14(13)18/h3-4,9,11,22H,5-8,10H2,1-2H3,(H2,19,20). The zero-order valence-corrected chi connectivity index (χ0v) is 13.0. The highest BCUT2D eigenvalue weighted by atomic mass is 19.1. The van der Waals surface area contributed by atoms with Gasteiger partial charge in [0.2, 0.25) is 0 Å². The Kier molecular flexibility index (Phi) is 5.01. The van der Waals surface area contributed by atoms with E-state index in [1.807, 2.05) is 4.90 Å². The van der Waals surface area contributed by atoms with E-state index >= 15 is 0 Å². The van der Waals surface area contributed by atoms with E-state index < -0.39 is 17.2 Å². The van der Waals surface area contributed by atoms with E-state index in [9.17, 15) is 13.9 Å². The van der Waals surface area contributed by atoms with Crippen molar-refractivity contribution < 1.29 is 13.9 Å². The molecule has 1 heterocycles. The molecule has 0 amide bonds. The van der Waals surface area contributed by atoms with Crippen molar-refractivity contribution in [3.8, 4) is 0 Å². The van der Waals surface area contributed by atoms with Gasteiger partial charge in [-0.15, -0.1) is 0 Å². The van der Waals surface area contributed by atoms with Crippen LogP contribution in [0.25, 0.3) is 0 Å². The minimum atomic E-state index is -1.54. The largest absolute Gasteiger partial charge is 0.383 e. The lowest BCUT2D eigenvalue weighted by Gasteiger charge is -2.31. The third-order valence-electron chi connectivity index (χ3n) is 4.17. The Balaban J connectivity index is 2.06. The van der Waals surface area contributed by atoms with Gasteiger partial charge in [0.25, 0.3) is 0 Å². The highest BCUT2D eigenvalue weighted by Crippen LogP contribution is 2.24. The van der Waals surface area contributed by atoms with E-state index in [1.165, 1.54) is 13.0 Å². The van der Waals surface area contributed by atoms with Gasteiger partial charge in [0.05, 0.1) is 6.54 Å². The summed E-state index contributed by atoms with van der Waals surface area (Å²) >= 11 is 0. The SMILES string of the molecule is CC1CCN(C(N)=NCC(C)(O)c2ccc(F)cc2F)CC1. The van der Waals surface area contributed by atoms with Crippen molar-refractivity contribution in [1.82, 2.24) is 4.90 Å². The van der Waals surface area contributed by atoms with Crippen LogP contribution in [0.15, 0.2) is 23.2 Å². The number of rotatable bonds is 3. The minimum absolute atomic E-state index is 0.0118. The van der Waals surface area contributed by atoms with Crippen molar-refractivity contribution in [1.29, 1.82) is 0 Å².